The molecule has 0 saturated heterocycles. The minimum absolute atomic E-state index is 0.195. The first kappa shape index (κ1) is 17.3. The lowest BCUT2D eigenvalue weighted by Gasteiger charge is -2.17. The molecule has 3 aromatic rings. The highest BCUT2D eigenvalue weighted by Crippen LogP contribution is 2.25. The van der Waals surface area contributed by atoms with Crippen LogP contribution in [0.4, 0.5) is 5.69 Å². The SMILES string of the molecule is CN(Cc1ccco1)C(=O)c1ccc(Cl)c(NC(=O)c2cccs2)c1. The molecule has 5 nitrogen and oxygen atoms in total. The Labute approximate surface area is 153 Å². The fourth-order valence-corrected chi connectivity index (χ4v) is 3.06. The standard InChI is InChI=1S/C18H15ClN2O3S/c1-21(11-13-4-2-8-24-13)18(23)12-6-7-14(19)15(10-12)20-17(22)16-5-3-9-25-16/h2-10H,11H2,1H3,(H,20,22). The molecule has 0 bridgehead atoms. The Morgan fingerprint density at radius 3 is 2.76 bits per heavy atom. The van der Waals surface area contributed by atoms with Crippen LogP contribution in [0.5, 0.6) is 0 Å². The number of nitrogens with one attached hydrogen (secondary N) is 1. The number of carbonyl (C=O) groups is 2. The molecule has 0 saturated carbocycles. The van der Waals surface area contributed by atoms with Gasteiger partial charge in [0.25, 0.3) is 11.8 Å². The predicted molar refractivity (Wildman–Crippen MR) is 98.2 cm³/mol. The third-order valence-corrected chi connectivity index (χ3v) is 4.72. The van der Waals surface area contributed by atoms with Crippen molar-refractivity contribution in [1.29, 1.82) is 0 Å². The van der Waals surface area contributed by atoms with Gasteiger partial charge < -0.3 is 14.6 Å². The molecule has 2 amide bonds. The summed E-state index contributed by atoms with van der Waals surface area (Å²) in [6.45, 7) is 0.353. The summed E-state index contributed by atoms with van der Waals surface area (Å²) in [7, 11) is 1.68. The van der Waals surface area contributed by atoms with E-state index >= 15 is 0 Å². The molecule has 3 rings (SSSR count). The number of amides is 2. The maximum absolute atomic E-state index is 12.6. The van der Waals surface area contributed by atoms with Crippen molar-refractivity contribution in [3.63, 3.8) is 0 Å². The van der Waals surface area contributed by atoms with Crippen LogP contribution in [0.1, 0.15) is 25.8 Å². The van der Waals surface area contributed by atoms with Crippen molar-refractivity contribution in [2.24, 2.45) is 0 Å². The second-order valence-electron chi connectivity index (χ2n) is 5.37. The van der Waals surface area contributed by atoms with E-state index < -0.39 is 0 Å². The number of benzene rings is 1. The van der Waals surface area contributed by atoms with Crippen molar-refractivity contribution >= 4 is 40.4 Å². The van der Waals surface area contributed by atoms with Crippen LogP contribution in [-0.4, -0.2) is 23.8 Å². The summed E-state index contributed by atoms with van der Waals surface area (Å²) >= 11 is 7.48. The Bertz CT molecular complexity index is 876. The highest BCUT2D eigenvalue weighted by atomic mass is 35.5. The third-order valence-electron chi connectivity index (χ3n) is 3.53. The van der Waals surface area contributed by atoms with Crippen molar-refractivity contribution in [3.8, 4) is 0 Å². The fourth-order valence-electron chi connectivity index (χ4n) is 2.27. The van der Waals surface area contributed by atoms with Gasteiger partial charge in [0, 0.05) is 12.6 Å². The normalized spacial score (nSPS) is 10.5. The molecule has 128 valence electrons. The van der Waals surface area contributed by atoms with Crippen molar-refractivity contribution in [2.75, 3.05) is 12.4 Å². The van der Waals surface area contributed by atoms with Gasteiger partial charge in [0.2, 0.25) is 0 Å². The molecule has 0 fully saturated rings. The van der Waals surface area contributed by atoms with E-state index in [0.717, 1.165) is 0 Å². The zero-order valence-corrected chi connectivity index (χ0v) is 14.9. The quantitative estimate of drug-likeness (QED) is 0.714. The molecular formula is C18H15ClN2O3S. The lowest BCUT2D eigenvalue weighted by Crippen LogP contribution is -2.26. The molecule has 0 aliphatic carbocycles. The molecule has 1 N–H and O–H groups in total. The molecule has 0 spiro atoms. The van der Waals surface area contributed by atoms with Crippen LogP contribution >= 0.6 is 22.9 Å². The Morgan fingerprint density at radius 1 is 1.24 bits per heavy atom. The number of hydrogen-bond donors (Lipinski definition) is 1. The van der Waals surface area contributed by atoms with Crippen LogP contribution in [0.2, 0.25) is 5.02 Å². The average Bonchev–Trinajstić information content (AvgIpc) is 3.29. The first-order valence-corrected chi connectivity index (χ1v) is 8.72. The van der Waals surface area contributed by atoms with Crippen LogP contribution in [-0.2, 0) is 6.54 Å². The van der Waals surface area contributed by atoms with E-state index in [9.17, 15) is 9.59 Å². The van der Waals surface area contributed by atoms with Crippen LogP contribution in [0.3, 0.4) is 0 Å². The van der Waals surface area contributed by atoms with Crippen LogP contribution in [0, 0.1) is 0 Å². The number of rotatable bonds is 5. The molecular weight excluding hydrogens is 360 g/mol. The van der Waals surface area contributed by atoms with Gasteiger partial charge in [-0.15, -0.1) is 11.3 Å². The topological polar surface area (TPSA) is 62.6 Å². The lowest BCUT2D eigenvalue weighted by molar-refractivity contribution is 0.0775. The van der Waals surface area contributed by atoms with E-state index in [-0.39, 0.29) is 11.8 Å². The molecule has 2 aromatic heterocycles. The van der Waals surface area contributed by atoms with Gasteiger partial charge in [0.05, 0.1) is 28.4 Å². The van der Waals surface area contributed by atoms with E-state index in [0.29, 0.717) is 33.5 Å². The smallest absolute Gasteiger partial charge is 0.265 e. The maximum Gasteiger partial charge on any atom is 0.265 e. The molecule has 0 aliphatic rings. The van der Waals surface area contributed by atoms with Gasteiger partial charge in [-0.05, 0) is 41.8 Å². The van der Waals surface area contributed by atoms with Crippen molar-refractivity contribution in [1.82, 2.24) is 4.90 Å². The molecule has 0 unspecified atom stereocenters. The summed E-state index contributed by atoms with van der Waals surface area (Å²) in [5.74, 6) is 0.237. The zero-order valence-electron chi connectivity index (χ0n) is 13.4. The molecule has 0 aliphatic heterocycles. The van der Waals surface area contributed by atoms with Crippen LogP contribution in [0.25, 0.3) is 0 Å². The van der Waals surface area contributed by atoms with Gasteiger partial charge in [-0.2, -0.15) is 0 Å². The highest BCUT2D eigenvalue weighted by molar-refractivity contribution is 7.12. The Hall–Kier alpha value is -2.57. The number of anilines is 1. The molecule has 0 radical (unpaired) electrons. The number of thiophene rings is 1. The van der Waals surface area contributed by atoms with E-state index in [1.165, 1.54) is 16.2 Å². The van der Waals surface area contributed by atoms with E-state index in [1.54, 1.807) is 55.8 Å². The first-order valence-electron chi connectivity index (χ1n) is 7.47. The monoisotopic (exact) mass is 374 g/mol. The number of furan rings is 1. The van der Waals surface area contributed by atoms with Crippen molar-refractivity contribution in [3.05, 3.63) is 75.3 Å². The van der Waals surface area contributed by atoms with Crippen molar-refractivity contribution < 1.29 is 14.0 Å². The highest BCUT2D eigenvalue weighted by Gasteiger charge is 2.16. The van der Waals surface area contributed by atoms with Gasteiger partial charge in [-0.1, -0.05) is 17.7 Å². The van der Waals surface area contributed by atoms with E-state index in [2.05, 4.69) is 5.32 Å². The van der Waals surface area contributed by atoms with Gasteiger partial charge >= 0.3 is 0 Å². The summed E-state index contributed by atoms with van der Waals surface area (Å²) in [5.41, 5.74) is 0.831. The Morgan fingerprint density at radius 2 is 2.08 bits per heavy atom. The molecule has 0 atom stereocenters. The van der Waals surface area contributed by atoms with Crippen LogP contribution in [0.15, 0.2) is 58.5 Å². The summed E-state index contributed by atoms with van der Waals surface area (Å²) < 4.78 is 5.26. The maximum atomic E-state index is 12.6. The Balaban J connectivity index is 1.76. The van der Waals surface area contributed by atoms with Crippen LogP contribution < -0.4 is 5.32 Å². The molecule has 7 heteroatoms. The first-order chi connectivity index (χ1) is 12.0. The summed E-state index contributed by atoms with van der Waals surface area (Å²) in [6, 6.07) is 11.9. The number of carbonyl (C=O) groups excluding carboxylic acids is 2. The minimum atomic E-state index is -0.259. The summed E-state index contributed by atoms with van der Waals surface area (Å²) in [5, 5.41) is 4.93. The zero-order chi connectivity index (χ0) is 17.8. The number of nitrogens with zero attached hydrogens (tertiary/aromatic N) is 1. The van der Waals surface area contributed by atoms with Gasteiger partial charge in [-0.3, -0.25) is 9.59 Å². The fraction of sp³-hybridized carbons (Fsp3) is 0.111. The average molecular weight is 375 g/mol. The second-order valence-corrected chi connectivity index (χ2v) is 6.72. The van der Waals surface area contributed by atoms with E-state index in [4.69, 9.17) is 16.0 Å². The van der Waals surface area contributed by atoms with Crippen molar-refractivity contribution in [2.45, 2.75) is 6.54 Å². The largest absolute Gasteiger partial charge is 0.467 e. The van der Waals surface area contributed by atoms with Gasteiger partial charge in [0.1, 0.15) is 5.76 Å². The lowest BCUT2D eigenvalue weighted by atomic mass is 10.1. The molecule has 1 aromatic carbocycles. The summed E-state index contributed by atoms with van der Waals surface area (Å²) in [6.07, 6.45) is 1.56. The minimum Gasteiger partial charge on any atom is -0.467 e. The van der Waals surface area contributed by atoms with Gasteiger partial charge in [0.15, 0.2) is 0 Å². The van der Waals surface area contributed by atoms with Gasteiger partial charge in [-0.25, -0.2) is 0 Å². The van der Waals surface area contributed by atoms with E-state index in [1.807, 2.05) is 5.38 Å². The second kappa shape index (κ2) is 7.55. The summed E-state index contributed by atoms with van der Waals surface area (Å²) in [4.78, 5) is 26.9. The molecule has 25 heavy (non-hydrogen) atoms. The number of halogens is 1. The Kier molecular flexibility index (Phi) is 5.21. The predicted octanol–water partition coefficient (Wildman–Crippen LogP) is 4.52. The molecule has 2 heterocycles. The number of hydrogen-bond acceptors (Lipinski definition) is 4. The third kappa shape index (κ3) is 4.10.